The fraction of sp³-hybridized carbons (Fsp3) is 0.667. The smallest absolute Gasteiger partial charge is 0.142 e. The third-order valence-electron chi connectivity index (χ3n) is 1.05. The van der Waals surface area contributed by atoms with Crippen LogP contribution in [-0.4, -0.2) is 6.29 Å². The lowest BCUT2D eigenvalue weighted by Crippen LogP contribution is -1.66. The summed E-state index contributed by atoms with van der Waals surface area (Å²) in [5.41, 5.74) is 0. The Morgan fingerprint density at radius 2 is 1.50 bits per heavy atom. The van der Waals surface area contributed by atoms with Crippen LogP contribution in [0.4, 0.5) is 0 Å². The maximum absolute atomic E-state index is 9.06. The van der Waals surface area contributed by atoms with Crippen molar-refractivity contribution in [1.82, 2.24) is 0 Å². The molecule has 0 atom stereocenters. The Hall–Kier alpha value is -0.590. The molecule has 0 saturated carbocycles. The summed E-state index contributed by atoms with van der Waals surface area (Å²) in [6.45, 7) is 7.57. The normalized spacial score (nSPS) is 7.40. The highest BCUT2D eigenvalue weighted by atomic mass is 16.1. The molecule has 0 unspecified atom stereocenters. The van der Waals surface area contributed by atoms with Crippen molar-refractivity contribution >= 4 is 6.29 Å². The second-order valence-corrected chi connectivity index (χ2v) is 2.08. The molecule has 0 amide bonds. The molecule has 0 saturated heterocycles. The molecule has 1 nitrogen and oxygen atoms in total. The van der Waals surface area contributed by atoms with Crippen LogP contribution in [0.15, 0.2) is 12.7 Å². The quantitative estimate of drug-likeness (QED) is 0.335. The number of carbonyl (C=O) groups is 1. The molecule has 0 spiro atoms. The number of aldehydes is 1. The van der Waals surface area contributed by atoms with E-state index in [-0.39, 0.29) is 0 Å². The fourth-order valence-corrected chi connectivity index (χ4v) is 0.500. The zero-order valence-corrected chi connectivity index (χ0v) is 7.10. The molecule has 60 valence electrons. The predicted molar refractivity (Wildman–Crippen MR) is 46.1 cm³/mol. The van der Waals surface area contributed by atoms with Crippen molar-refractivity contribution in [2.75, 3.05) is 0 Å². The van der Waals surface area contributed by atoms with Gasteiger partial charge in [0.15, 0.2) is 0 Å². The van der Waals surface area contributed by atoms with Gasteiger partial charge in [-0.05, 0) is 6.08 Å². The van der Waals surface area contributed by atoms with E-state index in [0.717, 1.165) is 0 Å². The van der Waals surface area contributed by atoms with Gasteiger partial charge in [0.05, 0.1) is 0 Å². The number of carbonyl (C=O) groups excluding carboxylic acids is 1. The number of allylic oxidation sites excluding steroid dienone is 1. The molecule has 0 N–H and O–H groups in total. The standard InChI is InChI=1S/C6H14.C3H4O/c1-3-5-6-4-2;1-2-3-4/h3-6H2,1-2H3;2-3H,1H2. The molecule has 0 aliphatic heterocycles. The molecule has 0 aromatic heterocycles. The maximum atomic E-state index is 9.06. The van der Waals surface area contributed by atoms with Crippen molar-refractivity contribution in [2.45, 2.75) is 39.5 Å². The van der Waals surface area contributed by atoms with Crippen molar-refractivity contribution in [3.63, 3.8) is 0 Å². The minimum atomic E-state index is 0.639. The van der Waals surface area contributed by atoms with Crippen molar-refractivity contribution in [1.29, 1.82) is 0 Å². The van der Waals surface area contributed by atoms with Gasteiger partial charge in [-0.25, -0.2) is 0 Å². The van der Waals surface area contributed by atoms with Gasteiger partial charge in [-0.2, -0.15) is 0 Å². The second kappa shape index (κ2) is 15.8. The highest BCUT2D eigenvalue weighted by Gasteiger charge is 1.75. The topological polar surface area (TPSA) is 17.1 Å². The van der Waals surface area contributed by atoms with Gasteiger partial charge < -0.3 is 0 Å². The van der Waals surface area contributed by atoms with Crippen LogP contribution in [-0.2, 0) is 4.79 Å². The van der Waals surface area contributed by atoms with E-state index in [9.17, 15) is 0 Å². The molecular weight excluding hydrogens is 124 g/mol. The summed E-state index contributed by atoms with van der Waals surface area (Å²) in [6, 6.07) is 0. The molecule has 10 heavy (non-hydrogen) atoms. The number of hydrogen-bond acceptors (Lipinski definition) is 1. The van der Waals surface area contributed by atoms with E-state index in [4.69, 9.17) is 4.79 Å². The van der Waals surface area contributed by atoms with Gasteiger partial charge in [0.2, 0.25) is 0 Å². The lowest BCUT2D eigenvalue weighted by molar-refractivity contribution is -0.104. The van der Waals surface area contributed by atoms with Gasteiger partial charge in [-0.1, -0.05) is 46.1 Å². The summed E-state index contributed by atoms with van der Waals surface area (Å²) < 4.78 is 0. The largest absolute Gasteiger partial charge is 0.299 e. The average Bonchev–Trinajstić information content (AvgIpc) is 2.01. The van der Waals surface area contributed by atoms with Crippen molar-refractivity contribution in [2.24, 2.45) is 0 Å². The first-order valence-corrected chi connectivity index (χ1v) is 3.89. The monoisotopic (exact) mass is 142 g/mol. The Balaban J connectivity index is 0. The van der Waals surface area contributed by atoms with Gasteiger partial charge in [-0.15, -0.1) is 0 Å². The lowest BCUT2D eigenvalue weighted by Gasteiger charge is -1.86. The lowest BCUT2D eigenvalue weighted by atomic mass is 10.2. The Kier molecular flexibility index (Phi) is 19.1. The van der Waals surface area contributed by atoms with Crippen molar-refractivity contribution < 1.29 is 4.79 Å². The molecule has 0 aliphatic carbocycles. The Labute approximate surface area is 64.1 Å². The van der Waals surface area contributed by atoms with Crippen LogP contribution in [0.25, 0.3) is 0 Å². The zero-order valence-electron chi connectivity index (χ0n) is 7.10. The SMILES string of the molecule is C=CC=O.CCCCCC. The molecule has 0 rings (SSSR count). The van der Waals surface area contributed by atoms with E-state index in [1.807, 2.05) is 0 Å². The maximum Gasteiger partial charge on any atom is 0.142 e. The summed E-state index contributed by atoms with van der Waals surface area (Å²) in [6.07, 6.45) is 7.37. The van der Waals surface area contributed by atoms with Gasteiger partial charge in [-0.3, -0.25) is 4.79 Å². The molecule has 0 fully saturated rings. The first-order chi connectivity index (χ1) is 4.83. The summed E-state index contributed by atoms with van der Waals surface area (Å²) in [4.78, 5) is 9.06. The first kappa shape index (κ1) is 12.1. The van der Waals surface area contributed by atoms with Crippen molar-refractivity contribution in [3.8, 4) is 0 Å². The Morgan fingerprint density at radius 1 is 1.20 bits per heavy atom. The highest BCUT2D eigenvalue weighted by molar-refractivity contribution is 5.63. The predicted octanol–water partition coefficient (Wildman–Crippen LogP) is 2.96. The second-order valence-electron chi connectivity index (χ2n) is 2.08. The van der Waals surface area contributed by atoms with E-state index in [0.29, 0.717) is 6.29 Å². The van der Waals surface area contributed by atoms with Crippen LogP contribution < -0.4 is 0 Å². The van der Waals surface area contributed by atoms with E-state index in [2.05, 4.69) is 20.4 Å². The van der Waals surface area contributed by atoms with E-state index in [1.165, 1.54) is 31.8 Å². The third kappa shape index (κ3) is 26.2. The highest BCUT2D eigenvalue weighted by Crippen LogP contribution is 1.95. The van der Waals surface area contributed by atoms with Crippen LogP contribution in [0.5, 0.6) is 0 Å². The number of unbranched alkanes of at least 4 members (excludes halogenated alkanes) is 3. The summed E-state index contributed by atoms with van der Waals surface area (Å²) in [5, 5.41) is 0. The van der Waals surface area contributed by atoms with Crippen LogP contribution in [0.1, 0.15) is 39.5 Å². The number of hydrogen-bond donors (Lipinski definition) is 0. The van der Waals surface area contributed by atoms with Gasteiger partial charge in [0.25, 0.3) is 0 Å². The molecule has 0 heterocycles. The molecule has 0 radical (unpaired) electrons. The molecule has 0 aromatic rings. The first-order valence-electron chi connectivity index (χ1n) is 3.89. The van der Waals surface area contributed by atoms with Crippen LogP contribution in [0.3, 0.4) is 0 Å². The average molecular weight is 142 g/mol. The Bertz CT molecular complexity index is 57.1. The summed E-state index contributed by atoms with van der Waals surface area (Å²) in [7, 11) is 0. The van der Waals surface area contributed by atoms with E-state index >= 15 is 0 Å². The van der Waals surface area contributed by atoms with Crippen LogP contribution >= 0.6 is 0 Å². The molecule has 0 aromatic carbocycles. The molecule has 0 bridgehead atoms. The fourth-order valence-electron chi connectivity index (χ4n) is 0.500. The van der Waals surface area contributed by atoms with Crippen LogP contribution in [0.2, 0.25) is 0 Å². The minimum absolute atomic E-state index is 0.639. The van der Waals surface area contributed by atoms with Gasteiger partial charge in [0, 0.05) is 0 Å². The van der Waals surface area contributed by atoms with Gasteiger partial charge in [0.1, 0.15) is 6.29 Å². The van der Waals surface area contributed by atoms with E-state index in [1.54, 1.807) is 0 Å². The van der Waals surface area contributed by atoms with Crippen LogP contribution in [0, 0.1) is 0 Å². The third-order valence-corrected chi connectivity index (χ3v) is 1.05. The summed E-state index contributed by atoms with van der Waals surface area (Å²) in [5.74, 6) is 0. The van der Waals surface area contributed by atoms with Crippen molar-refractivity contribution in [3.05, 3.63) is 12.7 Å². The molecular formula is C9H18O. The molecule has 0 aliphatic rings. The summed E-state index contributed by atoms with van der Waals surface area (Å²) >= 11 is 0. The molecule has 1 heteroatoms. The van der Waals surface area contributed by atoms with Gasteiger partial charge >= 0.3 is 0 Å². The number of rotatable bonds is 4. The van der Waals surface area contributed by atoms with E-state index < -0.39 is 0 Å². The zero-order chi connectivity index (χ0) is 8.24. The Morgan fingerprint density at radius 3 is 1.60 bits per heavy atom. The minimum Gasteiger partial charge on any atom is -0.299 e.